The molecule has 0 saturated heterocycles. The number of carbonyl (C=O) groups is 2. The van der Waals surface area contributed by atoms with Crippen LogP contribution in [0.3, 0.4) is 0 Å². The molecule has 1 unspecified atom stereocenters. The molecule has 0 aliphatic rings. The lowest BCUT2D eigenvalue weighted by Gasteiger charge is -2.23. The summed E-state index contributed by atoms with van der Waals surface area (Å²) in [5, 5.41) is 2.01. The molecule has 0 saturated carbocycles. The molecule has 1 atom stereocenters. The quantitative estimate of drug-likeness (QED) is 0.648. The fourth-order valence-corrected chi connectivity index (χ4v) is 1.52. The van der Waals surface area contributed by atoms with E-state index >= 15 is 0 Å². The number of nitrogens with one attached hydrogen (secondary N) is 1. The molecule has 4 nitrogen and oxygen atoms in total. The van der Waals surface area contributed by atoms with Gasteiger partial charge in [0.05, 0.1) is 5.41 Å². The molecule has 1 aromatic rings. The Balaban J connectivity index is 2.46. The number of amides is 1. The van der Waals surface area contributed by atoms with E-state index in [0.717, 1.165) is 5.56 Å². The van der Waals surface area contributed by atoms with Crippen LogP contribution in [-0.4, -0.2) is 23.8 Å². The van der Waals surface area contributed by atoms with Crippen molar-refractivity contribution >= 4 is 23.5 Å². The van der Waals surface area contributed by atoms with Crippen LogP contribution < -0.4 is 5.32 Å². The maximum absolute atomic E-state index is 12.0. The number of esters is 1. The summed E-state index contributed by atoms with van der Waals surface area (Å²) in [5.41, 5.74) is 0.131. The smallest absolute Gasteiger partial charge is 0.313 e. The van der Waals surface area contributed by atoms with Crippen LogP contribution in [0.25, 0.3) is 0 Å². The summed E-state index contributed by atoms with van der Waals surface area (Å²) >= 11 is 5.65. The zero-order valence-corrected chi connectivity index (χ0v) is 12.7. The summed E-state index contributed by atoms with van der Waals surface area (Å²) < 4.78 is 5.26. The van der Waals surface area contributed by atoms with Crippen molar-refractivity contribution in [1.82, 2.24) is 5.32 Å². The first-order valence-electron chi connectivity index (χ1n) is 6.46. The van der Waals surface area contributed by atoms with Gasteiger partial charge in [-0.15, -0.1) is 11.6 Å². The minimum absolute atomic E-state index is 0.191. The minimum atomic E-state index is -0.795. The van der Waals surface area contributed by atoms with Crippen LogP contribution in [0.1, 0.15) is 26.3 Å². The van der Waals surface area contributed by atoms with E-state index in [1.165, 1.54) is 0 Å². The number of hydrogen-bond donors (Lipinski definition) is 1. The van der Waals surface area contributed by atoms with E-state index < -0.39 is 10.8 Å². The van der Waals surface area contributed by atoms with Crippen molar-refractivity contribution < 1.29 is 14.3 Å². The predicted octanol–water partition coefficient (Wildman–Crippen LogP) is 2.50. The summed E-state index contributed by atoms with van der Waals surface area (Å²) in [6.45, 7) is 5.44. The molecule has 0 aliphatic heterocycles. The Labute approximate surface area is 124 Å². The van der Waals surface area contributed by atoms with E-state index in [4.69, 9.17) is 16.3 Å². The molecular formula is C15H20ClNO3. The fraction of sp³-hybridized carbons (Fsp3) is 0.467. The molecule has 0 spiro atoms. The molecular weight excluding hydrogens is 278 g/mol. The number of rotatable bonds is 6. The van der Waals surface area contributed by atoms with Gasteiger partial charge in [-0.1, -0.05) is 30.3 Å². The van der Waals surface area contributed by atoms with Gasteiger partial charge in [-0.05, 0) is 26.3 Å². The molecule has 20 heavy (non-hydrogen) atoms. The standard InChI is InChI=1S/C15H20ClNO3/c1-11(16)13(18)17-10-15(2,3)14(19)20-9-12-7-5-4-6-8-12/h4-8,11H,9-10H2,1-3H3,(H,17,18). The Morgan fingerprint density at radius 2 is 1.90 bits per heavy atom. The lowest BCUT2D eigenvalue weighted by Crippen LogP contribution is -2.41. The van der Waals surface area contributed by atoms with Crippen molar-refractivity contribution in [3.8, 4) is 0 Å². The predicted molar refractivity (Wildman–Crippen MR) is 78.3 cm³/mol. The van der Waals surface area contributed by atoms with Crippen LogP contribution in [0.5, 0.6) is 0 Å². The van der Waals surface area contributed by atoms with E-state index in [1.807, 2.05) is 30.3 Å². The fourth-order valence-electron chi connectivity index (χ4n) is 1.44. The molecule has 1 aromatic carbocycles. The van der Waals surface area contributed by atoms with Gasteiger partial charge in [-0.3, -0.25) is 9.59 Å². The van der Waals surface area contributed by atoms with Crippen molar-refractivity contribution in [2.24, 2.45) is 5.41 Å². The average Bonchev–Trinajstić information content (AvgIpc) is 2.43. The second-order valence-corrected chi connectivity index (χ2v) is 5.93. The number of hydrogen-bond acceptors (Lipinski definition) is 3. The number of ether oxygens (including phenoxy) is 1. The number of halogens is 1. The van der Waals surface area contributed by atoms with Gasteiger partial charge >= 0.3 is 5.97 Å². The molecule has 0 aromatic heterocycles. The van der Waals surface area contributed by atoms with Crippen LogP contribution in [0, 0.1) is 5.41 Å². The van der Waals surface area contributed by atoms with Gasteiger partial charge in [0.25, 0.3) is 0 Å². The Kier molecular flexibility index (Phi) is 6.02. The van der Waals surface area contributed by atoms with E-state index in [1.54, 1.807) is 20.8 Å². The highest BCUT2D eigenvalue weighted by Crippen LogP contribution is 2.17. The van der Waals surface area contributed by atoms with Gasteiger partial charge in [0, 0.05) is 6.54 Å². The first-order valence-corrected chi connectivity index (χ1v) is 6.89. The van der Waals surface area contributed by atoms with Gasteiger partial charge in [-0.2, -0.15) is 0 Å². The molecule has 0 fully saturated rings. The summed E-state index contributed by atoms with van der Waals surface area (Å²) in [5.74, 6) is -0.653. The maximum Gasteiger partial charge on any atom is 0.313 e. The first-order chi connectivity index (χ1) is 9.33. The number of carbonyl (C=O) groups excluding carboxylic acids is 2. The van der Waals surface area contributed by atoms with E-state index in [9.17, 15) is 9.59 Å². The van der Waals surface area contributed by atoms with Crippen molar-refractivity contribution in [1.29, 1.82) is 0 Å². The van der Waals surface area contributed by atoms with Crippen LogP contribution >= 0.6 is 11.6 Å². The van der Waals surface area contributed by atoms with Gasteiger partial charge in [0.15, 0.2) is 0 Å². The Morgan fingerprint density at radius 1 is 1.30 bits per heavy atom. The third-order valence-corrected chi connectivity index (χ3v) is 3.03. The van der Waals surface area contributed by atoms with Gasteiger partial charge in [0.2, 0.25) is 5.91 Å². The Hall–Kier alpha value is -1.55. The normalized spacial score (nSPS) is 12.6. The topological polar surface area (TPSA) is 55.4 Å². The molecule has 5 heteroatoms. The van der Waals surface area contributed by atoms with E-state index in [-0.39, 0.29) is 25.0 Å². The van der Waals surface area contributed by atoms with Gasteiger partial charge in [-0.25, -0.2) is 0 Å². The summed E-state index contributed by atoms with van der Waals surface area (Å²) in [7, 11) is 0. The molecule has 1 rings (SSSR count). The summed E-state index contributed by atoms with van der Waals surface area (Å²) in [6, 6.07) is 9.44. The van der Waals surface area contributed by atoms with Crippen LogP contribution in [0.15, 0.2) is 30.3 Å². The van der Waals surface area contributed by atoms with Crippen LogP contribution in [0.4, 0.5) is 0 Å². The monoisotopic (exact) mass is 297 g/mol. The van der Waals surface area contributed by atoms with Crippen molar-refractivity contribution in [3.63, 3.8) is 0 Å². The zero-order chi connectivity index (χ0) is 15.2. The second-order valence-electron chi connectivity index (χ2n) is 5.28. The third-order valence-electron chi connectivity index (χ3n) is 2.83. The highest BCUT2D eigenvalue weighted by atomic mass is 35.5. The minimum Gasteiger partial charge on any atom is -0.460 e. The highest BCUT2D eigenvalue weighted by Gasteiger charge is 2.30. The Bertz CT molecular complexity index is 457. The molecule has 0 bridgehead atoms. The number of alkyl halides is 1. The molecule has 0 radical (unpaired) electrons. The highest BCUT2D eigenvalue weighted by molar-refractivity contribution is 6.30. The van der Waals surface area contributed by atoms with Crippen molar-refractivity contribution in [2.45, 2.75) is 32.8 Å². The lowest BCUT2D eigenvalue weighted by molar-refractivity contribution is -0.155. The molecule has 1 N–H and O–H groups in total. The molecule has 0 aliphatic carbocycles. The van der Waals surface area contributed by atoms with E-state index in [0.29, 0.717) is 0 Å². The summed E-state index contributed by atoms with van der Waals surface area (Å²) in [6.07, 6.45) is 0. The summed E-state index contributed by atoms with van der Waals surface area (Å²) in [4.78, 5) is 23.4. The first kappa shape index (κ1) is 16.5. The average molecular weight is 298 g/mol. The van der Waals surface area contributed by atoms with Gasteiger partial charge in [0.1, 0.15) is 12.0 Å². The molecule has 110 valence electrons. The van der Waals surface area contributed by atoms with Gasteiger partial charge < -0.3 is 10.1 Å². The SMILES string of the molecule is CC(Cl)C(=O)NCC(C)(C)C(=O)OCc1ccccc1. The second kappa shape index (κ2) is 7.29. The van der Waals surface area contributed by atoms with E-state index in [2.05, 4.69) is 5.32 Å². The third kappa shape index (κ3) is 5.21. The largest absolute Gasteiger partial charge is 0.460 e. The van der Waals surface area contributed by atoms with Crippen LogP contribution in [0.2, 0.25) is 0 Å². The number of benzene rings is 1. The van der Waals surface area contributed by atoms with Crippen molar-refractivity contribution in [3.05, 3.63) is 35.9 Å². The Morgan fingerprint density at radius 3 is 2.45 bits per heavy atom. The van der Waals surface area contributed by atoms with Crippen LogP contribution in [-0.2, 0) is 20.9 Å². The molecule has 1 amide bonds. The maximum atomic E-state index is 12.0. The van der Waals surface area contributed by atoms with Crippen molar-refractivity contribution in [2.75, 3.05) is 6.54 Å². The lowest BCUT2D eigenvalue weighted by atomic mass is 9.93. The zero-order valence-electron chi connectivity index (χ0n) is 12.0. The molecule has 0 heterocycles.